The number of ketones is 1. The van der Waals surface area contributed by atoms with Gasteiger partial charge in [-0.2, -0.15) is 0 Å². The number of halogens is 1. The fourth-order valence-electron chi connectivity index (χ4n) is 14.9. The monoisotopic (exact) mass is 787 g/mol. The molecule has 4 fully saturated rings. The third kappa shape index (κ3) is 6.59. The number of nitrogens with zero attached hydrogens (tertiary/aromatic N) is 1. The fraction of sp³-hybridized carbons (Fsp3) is 0.735. The third-order valence-corrected chi connectivity index (χ3v) is 19.6. The Morgan fingerprint density at radius 3 is 2.30 bits per heavy atom. The quantitative estimate of drug-likeness (QED) is 0.270. The SMILES string of the molecule is CC(C)C1=C2C(CC1=O)[C@@H](NCCN1CCS(=O)(=O)CC1)C[C@]1(C)[C@@H]2CC[C@@H]2[C@@]3(C)CC=C(C4=CC[C@](CF)(Cc5ccccc5)CC4)C(C)(C)[C@@H]3CC[C@]21C. The maximum atomic E-state index is 14.8. The molecule has 0 bridgehead atoms. The van der Waals surface area contributed by atoms with Crippen LogP contribution in [0.3, 0.4) is 0 Å². The maximum Gasteiger partial charge on any atom is 0.159 e. The first-order valence-electron chi connectivity index (χ1n) is 22.4. The summed E-state index contributed by atoms with van der Waals surface area (Å²) in [6.45, 7) is 20.1. The molecule has 1 heterocycles. The smallest absolute Gasteiger partial charge is 0.159 e. The molecule has 1 unspecified atom stereocenters. The van der Waals surface area contributed by atoms with Gasteiger partial charge in [0.2, 0.25) is 0 Å². The van der Waals surface area contributed by atoms with Crippen LogP contribution in [0.5, 0.6) is 0 Å². The number of carbonyl (C=O) groups excluding carboxylic acids is 1. The van der Waals surface area contributed by atoms with Crippen molar-refractivity contribution in [1.82, 2.24) is 10.2 Å². The molecule has 0 radical (unpaired) electrons. The van der Waals surface area contributed by atoms with Crippen LogP contribution in [0.2, 0.25) is 0 Å². The van der Waals surface area contributed by atoms with Crippen molar-refractivity contribution < 1.29 is 17.6 Å². The highest BCUT2D eigenvalue weighted by Gasteiger charge is 2.69. The van der Waals surface area contributed by atoms with E-state index in [0.29, 0.717) is 43.0 Å². The molecule has 56 heavy (non-hydrogen) atoms. The van der Waals surface area contributed by atoms with Gasteiger partial charge in [-0.1, -0.05) is 96.5 Å². The molecule has 6 aliphatic carbocycles. The van der Waals surface area contributed by atoms with Crippen LogP contribution in [-0.4, -0.2) is 69.5 Å². The Bertz CT molecular complexity index is 1890. The second kappa shape index (κ2) is 14.6. The van der Waals surface area contributed by atoms with Gasteiger partial charge in [-0.25, -0.2) is 8.42 Å². The number of nitrogens with one attached hydrogen (secondary N) is 1. The van der Waals surface area contributed by atoms with Crippen molar-refractivity contribution in [3.05, 3.63) is 70.3 Å². The second-order valence-corrected chi connectivity index (χ2v) is 23.7. The van der Waals surface area contributed by atoms with Gasteiger partial charge in [0.25, 0.3) is 0 Å². The van der Waals surface area contributed by atoms with Crippen LogP contribution in [0, 0.1) is 56.7 Å². The summed E-state index contributed by atoms with van der Waals surface area (Å²) in [5.41, 5.74) is 7.10. The van der Waals surface area contributed by atoms with E-state index in [0.717, 1.165) is 57.2 Å². The van der Waals surface area contributed by atoms with Gasteiger partial charge in [0.1, 0.15) is 0 Å². The molecular weight excluding hydrogens is 716 g/mol. The Labute approximate surface area is 338 Å². The molecule has 1 saturated heterocycles. The molecule has 7 heteroatoms. The van der Waals surface area contributed by atoms with Crippen molar-refractivity contribution in [3.63, 3.8) is 0 Å². The lowest BCUT2D eigenvalue weighted by Gasteiger charge is -2.71. The first-order chi connectivity index (χ1) is 26.5. The van der Waals surface area contributed by atoms with Crippen molar-refractivity contribution in [1.29, 1.82) is 0 Å². The van der Waals surface area contributed by atoms with Gasteiger partial charge in [0.05, 0.1) is 18.2 Å². The molecule has 1 aromatic rings. The maximum absolute atomic E-state index is 14.8. The number of fused-ring (bicyclic) bond motifs is 7. The van der Waals surface area contributed by atoms with Gasteiger partial charge >= 0.3 is 0 Å². The minimum absolute atomic E-state index is 0.0494. The normalized spacial score (nSPS) is 40.7. The lowest BCUT2D eigenvalue weighted by molar-refractivity contribution is -0.197. The number of allylic oxidation sites excluding steroid dienone is 5. The van der Waals surface area contributed by atoms with E-state index in [9.17, 15) is 17.6 Å². The van der Waals surface area contributed by atoms with E-state index < -0.39 is 9.84 Å². The van der Waals surface area contributed by atoms with E-state index in [4.69, 9.17) is 0 Å². The van der Waals surface area contributed by atoms with Gasteiger partial charge in [-0.15, -0.1) is 0 Å². The third-order valence-electron chi connectivity index (χ3n) is 18.0. The predicted octanol–water partition coefficient (Wildman–Crippen LogP) is 9.74. The Balaban J connectivity index is 1.06. The summed E-state index contributed by atoms with van der Waals surface area (Å²) in [5.74, 6) is 3.06. The summed E-state index contributed by atoms with van der Waals surface area (Å²) in [6.07, 6.45) is 16.3. The number of alkyl halides is 1. The van der Waals surface area contributed by atoms with Gasteiger partial charge in [0.15, 0.2) is 15.6 Å². The summed E-state index contributed by atoms with van der Waals surface area (Å²) >= 11 is 0. The molecule has 308 valence electrons. The predicted molar refractivity (Wildman–Crippen MR) is 227 cm³/mol. The highest BCUT2D eigenvalue weighted by molar-refractivity contribution is 7.91. The van der Waals surface area contributed by atoms with E-state index in [1.165, 1.54) is 42.4 Å². The highest BCUT2D eigenvalue weighted by atomic mass is 32.2. The standard InChI is InChI=1S/C49H71FN2O3S/c1-33(2)43-40(53)29-36-39(51-23-24-52-25-27-56(54,55)28-26-52)31-48(7)38(44(36)43)13-14-42-46(5)19-17-37(45(3,4)41(46)18-20-47(42,48)6)35-15-21-49(32-50,22-16-35)30-34-11-9-8-10-12-34/h8-12,15,17,33,36,38-39,41-42,51H,13-14,16,18-32H2,1-7H3/t36?,38-,39+,41+,42-,46+,47-,48-,49-/m1/s1. The van der Waals surface area contributed by atoms with E-state index in [1.807, 2.05) is 6.07 Å². The van der Waals surface area contributed by atoms with Gasteiger partial charge in [-0.05, 0) is 132 Å². The van der Waals surface area contributed by atoms with E-state index in [2.05, 4.69) is 95.1 Å². The fourth-order valence-corrected chi connectivity index (χ4v) is 16.2. The molecule has 1 N–H and O–H groups in total. The zero-order chi connectivity index (χ0) is 39.9. The Morgan fingerprint density at radius 2 is 1.64 bits per heavy atom. The van der Waals surface area contributed by atoms with Crippen LogP contribution in [0.15, 0.2) is 64.8 Å². The van der Waals surface area contributed by atoms with Crippen molar-refractivity contribution in [2.45, 2.75) is 125 Å². The summed E-state index contributed by atoms with van der Waals surface area (Å²) in [4.78, 5) is 16.2. The average Bonchev–Trinajstić information content (AvgIpc) is 3.50. The largest absolute Gasteiger partial charge is 0.312 e. The minimum Gasteiger partial charge on any atom is -0.312 e. The molecular formula is C49H71FN2O3S. The number of hydrogen-bond acceptors (Lipinski definition) is 5. The first-order valence-corrected chi connectivity index (χ1v) is 24.2. The Kier molecular flexibility index (Phi) is 10.6. The minimum atomic E-state index is -2.90. The lowest BCUT2D eigenvalue weighted by atomic mass is 9.33. The van der Waals surface area contributed by atoms with Crippen molar-refractivity contribution in [2.75, 3.05) is 44.4 Å². The second-order valence-electron chi connectivity index (χ2n) is 21.4. The van der Waals surface area contributed by atoms with Crippen LogP contribution in [0.1, 0.15) is 118 Å². The van der Waals surface area contributed by atoms with Gasteiger partial charge in [0, 0.05) is 50.0 Å². The highest BCUT2D eigenvalue weighted by Crippen LogP contribution is 2.75. The molecule has 1 aromatic carbocycles. The average molecular weight is 787 g/mol. The topological polar surface area (TPSA) is 66.5 Å². The zero-order valence-electron chi connectivity index (χ0n) is 35.7. The number of carbonyl (C=O) groups is 1. The molecule has 9 atom stereocenters. The molecule has 5 nitrogen and oxygen atoms in total. The number of hydrogen-bond donors (Lipinski definition) is 1. The molecule has 3 saturated carbocycles. The van der Waals surface area contributed by atoms with Crippen molar-refractivity contribution in [2.24, 2.45) is 56.7 Å². The lowest BCUT2D eigenvalue weighted by Crippen LogP contribution is -2.65. The number of sulfone groups is 1. The summed E-state index contributed by atoms with van der Waals surface area (Å²) < 4.78 is 39.0. The van der Waals surface area contributed by atoms with E-state index in [-0.39, 0.29) is 63.1 Å². The van der Waals surface area contributed by atoms with Crippen LogP contribution >= 0.6 is 0 Å². The first kappa shape index (κ1) is 40.7. The van der Waals surface area contributed by atoms with Crippen LogP contribution in [-0.2, 0) is 21.1 Å². The van der Waals surface area contributed by atoms with Crippen LogP contribution in [0.4, 0.5) is 4.39 Å². The molecule has 1 aliphatic heterocycles. The Morgan fingerprint density at radius 1 is 0.911 bits per heavy atom. The molecule has 8 rings (SSSR count). The zero-order valence-corrected chi connectivity index (χ0v) is 36.5. The van der Waals surface area contributed by atoms with Gasteiger partial charge in [-0.3, -0.25) is 9.18 Å². The van der Waals surface area contributed by atoms with Crippen molar-refractivity contribution in [3.8, 4) is 0 Å². The summed E-state index contributed by atoms with van der Waals surface area (Å²) in [7, 11) is -2.90. The van der Waals surface area contributed by atoms with E-state index >= 15 is 0 Å². The number of Topliss-reactive ketones (excluding diaryl/α,β-unsaturated/α-hetero) is 1. The van der Waals surface area contributed by atoms with E-state index in [1.54, 1.807) is 5.57 Å². The summed E-state index contributed by atoms with van der Waals surface area (Å²) in [6, 6.07) is 10.8. The summed E-state index contributed by atoms with van der Waals surface area (Å²) in [5, 5.41) is 4.04. The molecule has 0 aromatic heterocycles. The van der Waals surface area contributed by atoms with Gasteiger partial charge < -0.3 is 10.2 Å². The van der Waals surface area contributed by atoms with Crippen molar-refractivity contribution >= 4 is 15.6 Å². The number of rotatable bonds is 9. The van der Waals surface area contributed by atoms with Crippen LogP contribution in [0.25, 0.3) is 0 Å². The molecule has 0 amide bonds. The number of benzene rings is 1. The van der Waals surface area contributed by atoms with Crippen LogP contribution < -0.4 is 5.32 Å². The Hall–Kier alpha value is -2.09. The molecule has 7 aliphatic rings. The molecule has 0 spiro atoms.